The van der Waals surface area contributed by atoms with Gasteiger partial charge in [-0.25, -0.2) is 28.0 Å². The van der Waals surface area contributed by atoms with Crippen molar-refractivity contribution >= 4 is 45.5 Å². The molecule has 0 bridgehead atoms. The van der Waals surface area contributed by atoms with Crippen molar-refractivity contribution in [2.45, 2.75) is 44.2 Å². The maximum atomic E-state index is 13.1. The fraction of sp³-hybridized carbons (Fsp3) is 0.500. The van der Waals surface area contributed by atoms with E-state index < -0.39 is 33.6 Å². The smallest absolute Gasteiger partial charge is 0.328 e. The number of hydrogen-bond acceptors (Lipinski definition) is 10. The molecule has 1 saturated heterocycles. The van der Waals surface area contributed by atoms with Crippen LogP contribution in [0.1, 0.15) is 32.6 Å². The molecule has 0 aliphatic carbocycles. The quantitative estimate of drug-likeness (QED) is 0.241. The number of sulfonamides is 1. The van der Waals surface area contributed by atoms with Crippen LogP contribution in [-0.4, -0.2) is 87.6 Å². The molecular formula is C24H32ClN9O5S. The molecule has 3 N–H and O–H groups in total. The van der Waals surface area contributed by atoms with Crippen LogP contribution in [0.25, 0.3) is 22.3 Å². The lowest BCUT2D eigenvalue weighted by Gasteiger charge is -2.47. The zero-order chi connectivity index (χ0) is 28.2. The molecule has 1 aliphatic heterocycles. The predicted molar refractivity (Wildman–Crippen MR) is 148 cm³/mol. The molecule has 3 aromatic heterocycles. The molecule has 0 saturated carbocycles. The molecule has 1 fully saturated rings. The van der Waals surface area contributed by atoms with Gasteiger partial charge in [0, 0.05) is 36.4 Å². The van der Waals surface area contributed by atoms with Crippen LogP contribution in [0.2, 0.25) is 0 Å². The Hall–Kier alpha value is -3.58. The highest BCUT2D eigenvalue weighted by Gasteiger charge is 2.49. The topological polar surface area (TPSA) is 191 Å². The summed E-state index contributed by atoms with van der Waals surface area (Å²) in [5, 5.41) is 17.1. The summed E-state index contributed by atoms with van der Waals surface area (Å²) in [6, 6.07) is 2.45. The van der Waals surface area contributed by atoms with E-state index in [9.17, 15) is 23.3 Å². The Bertz CT molecular complexity index is 1510. The lowest BCUT2D eigenvalue weighted by Crippen LogP contribution is -2.64. The Kier molecular flexibility index (Phi) is 9.85. The van der Waals surface area contributed by atoms with Gasteiger partial charge in [0.1, 0.15) is 17.9 Å². The third-order valence-electron chi connectivity index (χ3n) is 6.88. The highest BCUT2D eigenvalue weighted by atomic mass is 35.5. The summed E-state index contributed by atoms with van der Waals surface area (Å²) in [4.78, 5) is 33.9. The van der Waals surface area contributed by atoms with Crippen molar-refractivity contribution in [3.05, 3.63) is 31.0 Å². The zero-order valence-electron chi connectivity index (χ0n) is 22.2. The number of carbonyl (C=O) groups excluding carboxylic acids is 2. The van der Waals surface area contributed by atoms with Gasteiger partial charge in [-0.3, -0.25) is 9.25 Å². The number of amides is 1. The minimum atomic E-state index is -3.37. The van der Waals surface area contributed by atoms with Crippen molar-refractivity contribution in [3.8, 4) is 17.3 Å². The molecule has 4 rings (SSSR count). The van der Waals surface area contributed by atoms with Gasteiger partial charge in [-0.1, -0.05) is 0 Å². The summed E-state index contributed by atoms with van der Waals surface area (Å²) in [7, 11) is -2.11. The van der Waals surface area contributed by atoms with E-state index in [0.29, 0.717) is 48.1 Å². The molecule has 4 heterocycles. The SMILES string of the molecule is CCS(=O)(=O)N1CC(CC#N)(n2cc(-c3ncnc4c3ccn4C(=O)N[C@@H](CCCCN)C(=O)OC)cn2)C1.Cl. The fourth-order valence-electron chi connectivity index (χ4n) is 4.63. The van der Waals surface area contributed by atoms with E-state index >= 15 is 0 Å². The van der Waals surface area contributed by atoms with E-state index in [1.165, 1.54) is 28.5 Å². The number of rotatable bonds is 11. The number of halogens is 1. The molecule has 0 radical (unpaired) electrons. The Morgan fingerprint density at radius 2 is 2.05 bits per heavy atom. The summed E-state index contributed by atoms with van der Waals surface area (Å²) >= 11 is 0. The molecule has 1 aliphatic rings. The number of aromatic nitrogens is 5. The van der Waals surface area contributed by atoms with Crippen LogP contribution in [0.5, 0.6) is 0 Å². The van der Waals surface area contributed by atoms with Crippen LogP contribution in [0, 0.1) is 11.3 Å². The van der Waals surface area contributed by atoms with Gasteiger partial charge in [0.2, 0.25) is 10.0 Å². The van der Waals surface area contributed by atoms with E-state index in [-0.39, 0.29) is 37.7 Å². The summed E-state index contributed by atoms with van der Waals surface area (Å²) in [5.74, 6) is -0.565. The summed E-state index contributed by atoms with van der Waals surface area (Å²) < 4.78 is 33.6. The molecule has 1 amide bonds. The lowest BCUT2D eigenvalue weighted by atomic mass is 9.89. The van der Waals surface area contributed by atoms with Gasteiger partial charge in [-0.2, -0.15) is 14.7 Å². The molecule has 1 atom stereocenters. The van der Waals surface area contributed by atoms with Crippen molar-refractivity contribution in [1.29, 1.82) is 5.26 Å². The number of nitrogens with two attached hydrogens (primary N) is 1. The largest absolute Gasteiger partial charge is 0.467 e. The molecule has 40 heavy (non-hydrogen) atoms. The van der Waals surface area contributed by atoms with Crippen LogP contribution in [0.4, 0.5) is 4.79 Å². The van der Waals surface area contributed by atoms with Gasteiger partial charge < -0.3 is 15.8 Å². The standard InChI is InChI=1S/C24H31N9O5S.ClH/c1-3-39(36,37)31-14-24(15-31,8-10-26)33-13-17(12-29-33)20-18-7-11-32(21(18)28-16-27-20)23(35)30-19(22(34)38-2)6-4-5-9-25;/h7,11-13,16,19H,3-6,8-9,14-15,25H2,1-2H3,(H,30,35);1H/t19-;/m0./s1. The van der Waals surface area contributed by atoms with Crippen molar-refractivity contribution in [1.82, 2.24) is 33.9 Å². The average Bonchev–Trinajstić information content (AvgIpc) is 3.57. The maximum absolute atomic E-state index is 13.1. The normalized spacial score (nSPS) is 15.4. The number of methoxy groups -OCH3 is 1. The predicted octanol–water partition coefficient (Wildman–Crippen LogP) is 1.22. The minimum Gasteiger partial charge on any atom is -0.467 e. The molecule has 0 aromatic carbocycles. The molecular weight excluding hydrogens is 562 g/mol. The second-order valence-corrected chi connectivity index (χ2v) is 11.6. The van der Waals surface area contributed by atoms with E-state index in [4.69, 9.17) is 10.5 Å². The van der Waals surface area contributed by atoms with Gasteiger partial charge in [-0.15, -0.1) is 12.4 Å². The molecule has 3 aromatic rings. The first-order valence-electron chi connectivity index (χ1n) is 12.5. The van der Waals surface area contributed by atoms with Crippen molar-refractivity contribution in [3.63, 3.8) is 0 Å². The van der Waals surface area contributed by atoms with Gasteiger partial charge >= 0.3 is 12.0 Å². The number of hydrogen-bond donors (Lipinski definition) is 2. The number of esters is 1. The third-order valence-corrected chi connectivity index (χ3v) is 8.65. The van der Waals surface area contributed by atoms with Gasteiger partial charge in [0.15, 0.2) is 5.65 Å². The Balaban J connectivity index is 0.00000441. The Labute approximate surface area is 237 Å². The van der Waals surface area contributed by atoms with Gasteiger partial charge in [-0.05, 0) is 38.8 Å². The molecule has 216 valence electrons. The van der Waals surface area contributed by atoms with Crippen LogP contribution < -0.4 is 11.1 Å². The molecule has 0 spiro atoms. The first-order valence-corrected chi connectivity index (χ1v) is 14.1. The maximum Gasteiger partial charge on any atom is 0.328 e. The van der Waals surface area contributed by atoms with E-state index in [1.54, 1.807) is 30.1 Å². The van der Waals surface area contributed by atoms with Crippen LogP contribution >= 0.6 is 12.4 Å². The Morgan fingerprint density at radius 1 is 1.30 bits per heavy atom. The third kappa shape index (κ3) is 5.94. The Morgan fingerprint density at radius 3 is 2.70 bits per heavy atom. The summed E-state index contributed by atoms with van der Waals surface area (Å²) in [6.45, 7) is 2.37. The first-order chi connectivity index (χ1) is 18.7. The summed E-state index contributed by atoms with van der Waals surface area (Å²) in [5.41, 5.74) is 6.21. The minimum absolute atomic E-state index is 0. The summed E-state index contributed by atoms with van der Waals surface area (Å²) in [6.07, 6.45) is 7.99. The van der Waals surface area contributed by atoms with E-state index in [0.717, 1.165) is 0 Å². The number of unbranched alkanes of at least 4 members (excludes halogenated alkanes) is 1. The second kappa shape index (κ2) is 12.7. The molecule has 16 heteroatoms. The second-order valence-electron chi connectivity index (χ2n) is 9.36. The number of ether oxygens (including phenoxy) is 1. The first kappa shape index (κ1) is 31.0. The fourth-order valence-corrected chi connectivity index (χ4v) is 5.87. The number of nitrogens with one attached hydrogen (secondary N) is 1. The highest BCUT2D eigenvalue weighted by molar-refractivity contribution is 7.89. The number of fused-ring (bicyclic) bond motifs is 1. The van der Waals surface area contributed by atoms with Gasteiger partial charge in [0.05, 0.1) is 37.2 Å². The number of carbonyl (C=O) groups is 2. The van der Waals surface area contributed by atoms with Crippen molar-refractivity contribution in [2.24, 2.45) is 5.73 Å². The molecule has 14 nitrogen and oxygen atoms in total. The average molecular weight is 594 g/mol. The zero-order valence-corrected chi connectivity index (χ0v) is 23.8. The molecule has 0 unspecified atom stereocenters. The van der Waals surface area contributed by atoms with Crippen molar-refractivity contribution in [2.75, 3.05) is 32.5 Å². The van der Waals surface area contributed by atoms with Crippen LogP contribution in [-0.2, 0) is 25.1 Å². The van der Waals surface area contributed by atoms with Crippen LogP contribution in [0.3, 0.4) is 0 Å². The monoisotopic (exact) mass is 593 g/mol. The number of nitriles is 1. The van der Waals surface area contributed by atoms with E-state index in [1.807, 2.05) is 0 Å². The van der Waals surface area contributed by atoms with E-state index in [2.05, 4.69) is 26.5 Å². The van der Waals surface area contributed by atoms with Crippen LogP contribution in [0.15, 0.2) is 31.0 Å². The van der Waals surface area contributed by atoms with Crippen molar-refractivity contribution < 1.29 is 22.7 Å². The van der Waals surface area contributed by atoms with Gasteiger partial charge in [0.25, 0.3) is 0 Å². The number of nitrogens with zero attached hydrogens (tertiary/aromatic N) is 7. The highest BCUT2D eigenvalue weighted by Crippen LogP contribution is 2.36. The lowest BCUT2D eigenvalue weighted by molar-refractivity contribution is -0.143.